The summed E-state index contributed by atoms with van der Waals surface area (Å²) in [7, 11) is 0. The molecule has 164 valence electrons. The van der Waals surface area contributed by atoms with Crippen molar-refractivity contribution in [2.75, 3.05) is 18.1 Å². The molecule has 8 nitrogen and oxygen atoms in total. The number of halogens is 1. The fourth-order valence-corrected chi connectivity index (χ4v) is 4.10. The number of nitrogens with one attached hydrogen (secondary N) is 1. The third kappa shape index (κ3) is 4.91. The van der Waals surface area contributed by atoms with E-state index in [1.807, 2.05) is 48.6 Å². The molecule has 0 spiro atoms. The first-order chi connectivity index (χ1) is 15.2. The van der Waals surface area contributed by atoms with Crippen molar-refractivity contribution in [3.05, 3.63) is 56.2 Å². The number of rotatable bonds is 6. The number of amides is 4. The predicted octanol–water partition coefficient (Wildman–Crippen LogP) is 3.88. The Morgan fingerprint density at radius 1 is 1.09 bits per heavy atom. The van der Waals surface area contributed by atoms with Crippen molar-refractivity contribution >= 4 is 52.2 Å². The molecule has 0 bridgehead atoms. The number of ether oxygens (including phenoxy) is 2. The number of anilines is 1. The quantitative estimate of drug-likeness (QED) is 0.336. The first-order valence-corrected chi connectivity index (χ1v) is 10.8. The molecule has 0 aromatic heterocycles. The molecule has 1 saturated heterocycles. The maximum Gasteiger partial charge on any atom is 0.335 e. The molecule has 3 rings (SSSR count). The zero-order chi connectivity index (χ0) is 23.4. The molecule has 1 heterocycles. The summed E-state index contributed by atoms with van der Waals surface area (Å²) >= 11 is 2.03. The topological polar surface area (TPSA) is 109 Å². The Kier molecular flexibility index (Phi) is 7.15. The van der Waals surface area contributed by atoms with Crippen LogP contribution in [0.1, 0.15) is 23.6 Å². The lowest BCUT2D eigenvalue weighted by atomic mass is 10.0. The second kappa shape index (κ2) is 9.82. The SMILES string of the molecule is CCOc1cc(/C=C2\C(=O)NC(=O)N(c3cc(C)cc(C)c3)C2=O)cc(I)c1OCC#N. The van der Waals surface area contributed by atoms with E-state index in [0.717, 1.165) is 16.0 Å². The molecule has 0 radical (unpaired) electrons. The average Bonchev–Trinajstić information content (AvgIpc) is 2.70. The van der Waals surface area contributed by atoms with Gasteiger partial charge in [0.05, 0.1) is 15.9 Å². The van der Waals surface area contributed by atoms with Gasteiger partial charge in [-0.1, -0.05) is 6.07 Å². The van der Waals surface area contributed by atoms with Crippen LogP contribution in [0.25, 0.3) is 6.08 Å². The van der Waals surface area contributed by atoms with Gasteiger partial charge in [0.15, 0.2) is 18.1 Å². The van der Waals surface area contributed by atoms with Crippen LogP contribution in [0.4, 0.5) is 10.5 Å². The van der Waals surface area contributed by atoms with E-state index in [2.05, 4.69) is 5.32 Å². The molecule has 1 fully saturated rings. The number of carbonyl (C=O) groups excluding carboxylic acids is 3. The Hall–Kier alpha value is -3.39. The summed E-state index contributed by atoms with van der Waals surface area (Å²) < 4.78 is 11.7. The Bertz CT molecular complexity index is 1160. The van der Waals surface area contributed by atoms with Crippen molar-refractivity contribution in [2.24, 2.45) is 0 Å². The summed E-state index contributed by atoms with van der Waals surface area (Å²) in [4.78, 5) is 39.1. The zero-order valence-electron chi connectivity index (χ0n) is 17.7. The lowest BCUT2D eigenvalue weighted by Crippen LogP contribution is -2.54. The minimum Gasteiger partial charge on any atom is -0.490 e. The molecule has 32 heavy (non-hydrogen) atoms. The van der Waals surface area contributed by atoms with Crippen LogP contribution in [0.15, 0.2) is 35.9 Å². The number of nitriles is 1. The normalized spacial score (nSPS) is 14.9. The van der Waals surface area contributed by atoms with Crippen LogP contribution in [-0.2, 0) is 9.59 Å². The van der Waals surface area contributed by atoms with Gasteiger partial charge in [0.2, 0.25) is 0 Å². The zero-order valence-corrected chi connectivity index (χ0v) is 19.8. The molecule has 2 aromatic rings. The van der Waals surface area contributed by atoms with Gasteiger partial charge in [-0.15, -0.1) is 0 Å². The van der Waals surface area contributed by atoms with Gasteiger partial charge in [-0.05, 0) is 90.4 Å². The molecule has 4 amide bonds. The number of hydrogen-bond acceptors (Lipinski definition) is 6. The number of hydrogen-bond donors (Lipinski definition) is 1. The van der Waals surface area contributed by atoms with Crippen LogP contribution in [0, 0.1) is 28.7 Å². The first kappa shape index (κ1) is 23.3. The van der Waals surface area contributed by atoms with E-state index in [4.69, 9.17) is 14.7 Å². The summed E-state index contributed by atoms with van der Waals surface area (Å²) in [6.07, 6.45) is 1.40. The minimum absolute atomic E-state index is 0.148. The number of benzene rings is 2. The minimum atomic E-state index is -0.799. The third-order valence-electron chi connectivity index (χ3n) is 4.49. The molecule has 9 heteroatoms. The van der Waals surface area contributed by atoms with Crippen LogP contribution in [0.3, 0.4) is 0 Å². The van der Waals surface area contributed by atoms with E-state index in [1.165, 1.54) is 6.08 Å². The van der Waals surface area contributed by atoms with E-state index >= 15 is 0 Å². The van der Waals surface area contributed by atoms with Gasteiger partial charge >= 0.3 is 6.03 Å². The molecule has 1 N–H and O–H groups in total. The molecule has 0 atom stereocenters. The second-order valence-corrected chi connectivity index (χ2v) is 8.18. The van der Waals surface area contributed by atoms with E-state index in [-0.39, 0.29) is 12.2 Å². The summed E-state index contributed by atoms with van der Waals surface area (Å²) in [5.74, 6) is -0.713. The molecular formula is C23H20IN3O5. The maximum atomic E-state index is 13.2. The Morgan fingerprint density at radius 2 is 1.78 bits per heavy atom. The van der Waals surface area contributed by atoms with Crippen molar-refractivity contribution < 1.29 is 23.9 Å². The van der Waals surface area contributed by atoms with E-state index in [0.29, 0.717) is 32.9 Å². The Morgan fingerprint density at radius 3 is 2.41 bits per heavy atom. The molecule has 0 saturated carbocycles. The largest absolute Gasteiger partial charge is 0.490 e. The molecule has 1 aliphatic heterocycles. The highest BCUT2D eigenvalue weighted by molar-refractivity contribution is 14.1. The van der Waals surface area contributed by atoms with Crippen molar-refractivity contribution in [3.63, 3.8) is 0 Å². The molecular weight excluding hydrogens is 525 g/mol. The number of barbiturate groups is 1. The van der Waals surface area contributed by atoms with Crippen molar-refractivity contribution in [2.45, 2.75) is 20.8 Å². The second-order valence-electron chi connectivity index (χ2n) is 7.01. The Balaban J connectivity index is 2.04. The van der Waals surface area contributed by atoms with Gasteiger partial charge in [0.25, 0.3) is 11.8 Å². The standard InChI is InChI=1S/C23H20IN3O5/c1-4-31-19-12-15(11-18(24)20(19)32-6-5-25)10-17-21(28)26-23(30)27(22(17)29)16-8-13(2)7-14(3)9-16/h7-12H,4,6H2,1-3H3,(H,26,28,30)/b17-10+. The summed E-state index contributed by atoms with van der Waals surface area (Å²) in [5.41, 5.74) is 2.47. The van der Waals surface area contributed by atoms with Crippen LogP contribution in [-0.4, -0.2) is 31.1 Å². The highest BCUT2D eigenvalue weighted by Gasteiger charge is 2.37. The number of urea groups is 1. The van der Waals surface area contributed by atoms with Crippen molar-refractivity contribution in [1.82, 2.24) is 5.32 Å². The number of nitrogens with zero attached hydrogens (tertiary/aromatic N) is 2. The maximum absolute atomic E-state index is 13.2. The van der Waals surface area contributed by atoms with Gasteiger partial charge in [-0.2, -0.15) is 5.26 Å². The monoisotopic (exact) mass is 545 g/mol. The molecule has 2 aromatic carbocycles. The number of imide groups is 2. The summed E-state index contributed by atoms with van der Waals surface area (Å²) in [5, 5.41) is 11.0. The van der Waals surface area contributed by atoms with E-state index < -0.39 is 17.8 Å². The summed E-state index contributed by atoms with van der Waals surface area (Å²) in [6.45, 7) is 5.73. The predicted molar refractivity (Wildman–Crippen MR) is 126 cm³/mol. The van der Waals surface area contributed by atoms with Gasteiger partial charge < -0.3 is 9.47 Å². The van der Waals surface area contributed by atoms with Crippen LogP contribution in [0.2, 0.25) is 0 Å². The van der Waals surface area contributed by atoms with Crippen molar-refractivity contribution in [1.29, 1.82) is 5.26 Å². The summed E-state index contributed by atoms with van der Waals surface area (Å²) in [6, 6.07) is 9.75. The van der Waals surface area contributed by atoms with Gasteiger partial charge in [0, 0.05) is 0 Å². The fraction of sp³-hybridized carbons (Fsp3) is 0.217. The van der Waals surface area contributed by atoms with Gasteiger partial charge in [0.1, 0.15) is 11.6 Å². The lowest BCUT2D eigenvalue weighted by Gasteiger charge is -2.27. The van der Waals surface area contributed by atoms with Gasteiger partial charge in [-0.25, -0.2) is 9.69 Å². The van der Waals surface area contributed by atoms with Crippen LogP contribution >= 0.6 is 22.6 Å². The number of carbonyl (C=O) groups is 3. The third-order valence-corrected chi connectivity index (χ3v) is 5.29. The van der Waals surface area contributed by atoms with Crippen molar-refractivity contribution in [3.8, 4) is 17.6 Å². The van der Waals surface area contributed by atoms with Crippen LogP contribution in [0.5, 0.6) is 11.5 Å². The molecule has 1 aliphatic rings. The fourth-order valence-electron chi connectivity index (χ4n) is 3.32. The highest BCUT2D eigenvalue weighted by Crippen LogP contribution is 2.35. The van der Waals surface area contributed by atoms with Gasteiger partial charge in [-0.3, -0.25) is 14.9 Å². The first-order valence-electron chi connectivity index (χ1n) is 9.71. The van der Waals surface area contributed by atoms with E-state index in [9.17, 15) is 14.4 Å². The lowest BCUT2D eigenvalue weighted by molar-refractivity contribution is -0.122. The smallest absolute Gasteiger partial charge is 0.335 e. The Labute approximate surface area is 198 Å². The van der Waals surface area contributed by atoms with Crippen LogP contribution < -0.4 is 19.7 Å². The highest BCUT2D eigenvalue weighted by atomic mass is 127. The molecule has 0 unspecified atom stereocenters. The van der Waals surface area contributed by atoms with E-state index in [1.54, 1.807) is 31.2 Å². The number of aryl methyl sites for hydroxylation is 2. The average molecular weight is 545 g/mol. The molecule has 0 aliphatic carbocycles.